The number of hydrogen-bond donors (Lipinski definition) is 2. The van der Waals surface area contributed by atoms with E-state index in [0.29, 0.717) is 17.3 Å². The molecule has 2 aromatic carbocycles. The summed E-state index contributed by atoms with van der Waals surface area (Å²) in [5, 5.41) is 27.1. The van der Waals surface area contributed by atoms with Crippen molar-refractivity contribution in [3.63, 3.8) is 0 Å². The van der Waals surface area contributed by atoms with Gasteiger partial charge in [0.25, 0.3) is 0 Å². The summed E-state index contributed by atoms with van der Waals surface area (Å²) in [6, 6.07) is 15.2. The summed E-state index contributed by atoms with van der Waals surface area (Å²) in [6.45, 7) is 6.36. The zero-order valence-corrected chi connectivity index (χ0v) is 18.9. The third kappa shape index (κ3) is 3.46. The fourth-order valence-electron chi connectivity index (χ4n) is 6.22. The second-order valence-electron chi connectivity index (χ2n) is 9.20. The molecule has 1 atom stereocenters. The van der Waals surface area contributed by atoms with Crippen LogP contribution < -0.4 is 0 Å². The molecular weight excluding hydrogens is 384 g/mol. The molecule has 4 heteroatoms. The molecular formula is C27H34N2O2. The van der Waals surface area contributed by atoms with Crippen molar-refractivity contribution in [2.75, 3.05) is 0 Å². The number of fused-ring (bicyclic) bond motifs is 3. The second kappa shape index (κ2) is 8.86. The lowest BCUT2D eigenvalue weighted by molar-refractivity contribution is 0.291. The lowest BCUT2D eigenvalue weighted by Gasteiger charge is -2.32. The van der Waals surface area contributed by atoms with Crippen molar-refractivity contribution in [2.24, 2.45) is 22.1 Å². The lowest BCUT2D eigenvalue weighted by atomic mass is 9.72. The van der Waals surface area contributed by atoms with E-state index in [2.05, 4.69) is 66.6 Å². The van der Waals surface area contributed by atoms with E-state index in [4.69, 9.17) is 0 Å². The van der Waals surface area contributed by atoms with Crippen LogP contribution >= 0.6 is 0 Å². The first-order chi connectivity index (χ1) is 15.1. The number of benzene rings is 2. The van der Waals surface area contributed by atoms with E-state index < -0.39 is 0 Å². The Morgan fingerprint density at radius 3 is 2.26 bits per heavy atom. The van der Waals surface area contributed by atoms with Crippen LogP contribution in [-0.2, 0) is 5.41 Å². The van der Waals surface area contributed by atoms with Crippen LogP contribution in [0.3, 0.4) is 0 Å². The Labute approximate surface area is 185 Å². The van der Waals surface area contributed by atoms with Crippen LogP contribution in [0.25, 0.3) is 11.1 Å². The molecule has 0 saturated heterocycles. The SMILES string of the molecule is CCC1(CC)c2ccccc2-c2ccc(/C(=N\O)C(/C(C)=N/O)C3CCCCC3)cc21. The number of rotatable bonds is 6. The van der Waals surface area contributed by atoms with Crippen molar-refractivity contribution in [3.05, 3.63) is 59.2 Å². The van der Waals surface area contributed by atoms with Gasteiger partial charge in [-0.1, -0.05) is 79.8 Å². The van der Waals surface area contributed by atoms with Crippen molar-refractivity contribution < 1.29 is 10.4 Å². The molecule has 0 spiro atoms. The topological polar surface area (TPSA) is 65.2 Å². The molecule has 0 heterocycles. The number of hydrogen-bond acceptors (Lipinski definition) is 4. The molecule has 0 aromatic heterocycles. The van der Waals surface area contributed by atoms with E-state index in [-0.39, 0.29) is 11.3 Å². The molecule has 2 aliphatic rings. The lowest BCUT2D eigenvalue weighted by Crippen LogP contribution is -2.33. The van der Waals surface area contributed by atoms with Crippen molar-refractivity contribution in [1.82, 2.24) is 0 Å². The largest absolute Gasteiger partial charge is 0.411 e. The van der Waals surface area contributed by atoms with Crippen molar-refractivity contribution in [2.45, 2.75) is 71.1 Å². The van der Waals surface area contributed by atoms with Gasteiger partial charge in [0.05, 0.1) is 11.4 Å². The monoisotopic (exact) mass is 418 g/mol. The fraction of sp³-hybridized carbons (Fsp3) is 0.481. The summed E-state index contributed by atoms with van der Waals surface area (Å²) in [6.07, 6.45) is 7.77. The van der Waals surface area contributed by atoms with Crippen molar-refractivity contribution in [1.29, 1.82) is 0 Å². The molecule has 2 aliphatic carbocycles. The minimum atomic E-state index is -0.171. The van der Waals surface area contributed by atoms with Gasteiger partial charge in [-0.3, -0.25) is 0 Å². The van der Waals surface area contributed by atoms with Gasteiger partial charge in [0.15, 0.2) is 0 Å². The first-order valence-electron chi connectivity index (χ1n) is 11.8. The molecule has 1 saturated carbocycles. The highest BCUT2D eigenvalue weighted by molar-refractivity contribution is 6.14. The molecule has 2 N–H and O–H groups in total. The van der Waals surface area contributed by atoms with E-state index in [1.807, 2.05) is 6.92 Å². The van der Waals surface area contributed by atoms with Gasteiger partial charge in [-0.05, 0) is 66.8 Å². The maximum Gasteiger partial charge on any atom is 0.0958 e. The first-order valence-corrected chi connectivity index (χ1v) is 11.8. The van der Waals surface area contributed by atoms with Gasteiger partial charge in [-0.25, -0.2) is 0 Å². The zero-order valence-electron chi connectivity index (χ0n) is 18.9. The first kappa shape index (κ1) is 21.6. The summed E-state index contributed by atoms with van der Waals surface area (Å²) in [7, 11) is 0. The fourth-order valence-corrected chi connectivity index (χ4v) is 6.22. The van der Waals surface area contributed by atoms with Gasteiger partial charge < -0.3 is 10.4 Å². The minimum Gasteiger partial charge on any atom is -0.411 e. The van der Waals surface area contributed by atoms with E-state index in [1.165, 1.54) is 41.5 Å². The standard InChI is InChI=1S/C27H34N2O2/c1-4-27(5-2)23-14-10-9-13-21(23)22-16-15-20(17-24(22)27)26(29-31)25(18(3)28-30)19-11-7-6-8-12-19/h9-10,13-17,19,25,30-31H,4-8,11-12H2,1-3H3/b28-18+,29-26+. The minimum absolute atomic E-state index is 0.0249. The maximum absolute atomic E-state index is 10.1. The maximum atomic E-state index is 10.1. The summed E-state index contributed by atoms with van der Waals surface area (Å²) in [4.78, 5) is 0. The smallest absolute Gasteiger partial charge is 0.0958 e. The normalized spacial score (nSPS) is 19.7. The van der Waals surface area contributed by atoms with Crippen LogP contribution in [0.2, 0.25) is 0 Å². The second-order valence-corrected chi connectivity index (χ2v) is 9.20. The third-order valence-electron chi connectivity index (χ3n) is 7.90. The Balaban J connectivity index is 1.83. The predicted molar refractivity (Wildman–Crippen MR) is 127 cm³/mol. The molecule has 2 aromatic rings. The Morgan fingerprint density at radius 1 is 0.935 bits per heavy atom. The highest BCUT2D eigenvalue weighted by Crippen LogP contribution is 2.52. The molecule has 0 amide bonds. The van der Waals surface area contributed by atoms with Crippen molar-refractivity contribution in [3.8, 4) is 11.1 Å². The zero-order chi connectivity index (χ0) is 22.0. The van der Waals surface area contributed by atoms with E-state index >= 15 is 0 Å². The summed E-state index contributed by atoms with van der Waals surface area (Å²) >= 11 is 0. The van der Waals surface area contributed by atoms with E-state index in [1.54, 1.807) is 0 Å². The molecule has 4 rings (SSSR count). The molecule has 1 unspecified atom stereocenters. The Morgan fingerprint density at radius 2 is 1.61 bits per heavy atom. The molecule has 0 radical (unpaired) electrons. The average molecular weight is 419 g/mol. The van der Waals surface area contributed by atoms with Crippen LogP contribution in [-0.4, -0.2) is 21.8 Å². The van der Waals surface area contributed by atoms with Crippen LogP contribution in [0.15, 0.2) is 52.8 Å². The molecule has 164 valence electrons. The van der Waals surface area contributed by atoms with Gasteiger partial charge in [-0.15, -0.1) is 0 Å². The summed E-state index contributed by atoms with van der Waals surface area (Å²) < 4.78 is 0. The number of nitrogens with zero attached hydrogens (tertiary/aromatic N) is 2. The van der Waals surface area contributed by atoms with Gasteiger partial charge in [0, 0.05) is 16.9 Å². The Kier molecular flexibility index (Phi) is 6.17. The van der Waals surface area contributed by atoms with Gasteiger partial charge in [0.2, 0.25) is 0 Å². The van der Waals surface area contributed by atoms with E-state index in [0.717, 1.165) is 31.2 Å². The van der Waals surface area contributed by atoms with Gasteiger partial charge in [-0.2, -0.15) is 0 Å². The molecule has 1 fully saturated rings. The van der Waals surface area contributed by atoms with Gasteiger partial charge >= 0.3 is 0 Å². The van der Waals surface area contributed by atoms with Crippen LogP contribution in [0.4, 0.5) is 0 Å². The van der Waals surface area contributed by atoms with Gasteiger partial charge in [0.1, 0.15) is 0 Å². The average Bonchev–Trinajstić information content (AvgIpc) is 3.12. The third-order valence-corrected chi connectivity index (χ3v) is 7.90. The summed E-state index contributed by atoms with van der Waals surface area (Å²) in [5.41, 5.74) is 7.46. The molecule has 31 heavy (non-hydrogen) atoms. The van der Waals surface area contributed by atoms with Crippen LogP contribution in [0, 0.1) is 11.8 Å². The Bertz CT molecular complexity index is 998. The molecule has 0 aliphatic heterocycles. The highest BCUT2D eigenvalue weighted by atomic mass is 16.4. The van der Waals surface area contributed by atoms with E-state index in [9.17, 15) is 10.4 Å². The summed E-state index contributed by atoms with van der Waals surface area (Å²) in [5.74, 6) is 0.165. The Hall–Kier alpha value is -2.62. The van der Waals surface area contributed by atoms with Crippen LogP contribution in [0.1, 0.15) is 82.4 Å². The van der Waals surface area contributed by atoms with Crippen LogP contribution in [0.5, 0.6) is 0 Å². The quantitative estimate of drug-likeness (QED) is 0.301. The molecule has 4 nitrogen and oxygen atoms in total. The van der Waals surface area contributed by atoms with Crippen molar-refractivity contribution >= 4 is 11.4 Å². The number of oxime groups is 2. The predicted octanol–water partition coefficient (Wildman–Crippen LogP) is 7.00. The highest BCUT2D eigenvalue weighted by Gasteiger charge is 2.41. The molecule has 0 bridgehead atoms.